The second-order valence-corrected chi connectivity index (χ2v) is 7.00. The summed E-state index contributed by atoms with van der Waals surface area (Å²) in [6.07, 6.45) is 2.09. The number of amides is 1. The lowest BCUT2D eigenvalue weighted by Crippen LogP contribution is -2.26. The van der Waals surface area contributed by atoms with E-state index in [-0.39, 0.29) is 17.7 Å². The van der Waals surface area contributed by atoms with E-state index in [0.717, 1.165) is 10.4 Å². The number of anilines is 1. The molecule has 0 atom stereocenters. The quantitative estimate of drug-likeness (QED) is 0.810. The highest BCUT2D eigenvalue weighted by Gasteiger charge is 2.21. The van der Waals surface area contributed by atoms with E-state index in [1.165, 1.54) is 28.2 Å². The Morgan fingerprint density at radius 2 is 2.09 bits per heavy atom. The highest BCUT2D eigenvalue weighted by atomic mass is 79.9. The number of aromatic nitrogens is 1. The van der Waals surface area contributed by atoms with Gasteiger partial charge in [0.05, 0.1) is 5.56 Å². The second kappa shape index (κ2) is 7.10. The Labute approximate surface area is 144 Å². The van der Waals surface area contributed by atoms with E-state index in [2.05, 4.69) is 21.2 Å². The number of carboxylic acid groups (broad SMARTS) is 1. The lowest BCUT2D eigenvalue weighted by molar-refractivity contribution is -0.116. The maximum atomic E-state index is 12.2. The molecule has 8 heteroatoms. The molecule has 0 unspecified atom stereocenters. The summed E-state index contributed by atoms with van der Waals surface area (Å²) in [6.45, 7) is 3.51. The van der Waals surface area contributed by atoms with Crippen LogP contribution in [0.15, 0.2) is 27.6 Å². The van der Waals surface area contributed by atoms with Gasteiger partial charge >= 0.3 is 5.97 Å². The summed E-state index contributed by atoms with van der Waals surface area (Å²) >= 11 is 4.47. The van der Waals surface area contributed by atoms with Gasteiger partial charge in [0.15, 0.2) is 0 Å². The molecule has 1 amide bonds. The van der Waals surface area contributed by atoms with Crippen molar-refractivity contribution in [1.82, 2.24) is 4.57 Å². The van der Waals surface area contributed by atoms with Gasteiger partial charge in [-0.05, 0) is 40.9 Å². The SMILES string of the molecule is CCc1c(C)sc(NC(=O)Cn2cc(Br)ccc2=O)c1C(=O)O. The third-order valence-corrected chi connectivity index (χ3v) is 4.82. The zero-order chi connectivity index (χ0) is 17.1. The summed E-state index contributed by atoms with van der Waals surface area (Å²) in [5.74, 6) is -1.52. The number of nitrogens with one attached hydrogen (secondary N) is 1. The molecule has 0 aliphatic carbocycles. The first-order chi connectivity index (χ1) is 10.8. The average molecular weight is 399 g/mol. The van der Waals surface area contributed by atoms with Gasteiger partial charge in [0.2, 0.25) is 5.91 Å². The molecule has 2 N–H and O–H groups in total. The highest BCUT2D eigenvalue weighted by Crippen LogP contribution is 2.33. The molecule has 2 rings (SSSR count). The van der Waals surface area contributed by atoms with Gasteiger partial charge in [0, 0.05) is 21.6 Å². The lowest BCUT2D eigenvalue weighted by atomic mass is 10.1. The van der Waals surface area contributed by atoms with Gasteiger partial charge in [0.25, 0.3) is 5.56 Å². The molecular weight excluding hydrogens is 384 g/mol. The van der Waals surface area contributed by atoms with Gasteiger partial charge in [0.1, 0.15) is 11.5 Å². The average Bonchev–Trinajstić information content (AvgIpc) is 2.78. The molecule has 0 aliphatic heterocycles. The van der Waals surface area contributed by atoms with Crippen molar-refractivity contribution in [3.8, 4) is 0 Å². The van der Waals surface area contributed by atoms with E-state index in [4.69, 9.17) is 0 Å². The molecule has 0 radical (unpaired) electrons. The molecule has 0 aliphatic rings. The Hall–Kier alpha value is -1.93. The number of carboxylic acids is 1. The number of hydrogen-bond acceptors (Lipinski definition) is 4. The Morgan fingerprint density at radius 3 is 2.70 bits per heavy atom. The third kappa shape index (κ3) is 3.89. The second-order valence-electron chi connectivity index (χ2n) is 4.86. The molecule has 0 saturated heterocycles. The summed E-state index contributed by atoms with van der Waals surface area (Å²) in [7, 11) is 0. The van der Waals surface area contributed by atoms with Crippen LogP contribution in [0, 0.1) is 6.92 Å². The zero-order valence-electron chi connectivity index (χ0n) is 12.6. The largest absolute Gasteiger partial charge is 0.478 e. The maximum absolute atomic E-state index is 12.2. The number of carbonyl (C=O) groups excluding carboxylic acids is 1. The number of pyridine rings is 1. The van der Waals surface area contributed by atoms with Gasteiger partial charge in [-0.25, -0.2) is 4.79 Å². The molecule has 0 spiro atoms. The first-order valence-corrected chi connectivity index (χ1v) is 8.45. The maximum Gasteiger partial charge on any atom is 0.339 e. The number of aryl methyl sites for hydroxylation is 1. The van der Waals surface area contributed by atoms with E-state index in [0.29, 0.717) is 15.9 Å². The number of thiophene rings is 1. The summed E-state index contributed by atoms with van der Waals surface area (Å²) < 4.78 is 1.93. The van der Waals surface area contributed by atoms with Crippen molar-refractivity contribution in [2.75, 3.05) is 5.32 Å². The molecular formula is C15H15BrN2O4S. The van der Waals surface area contributed by atoms with E-state index in [1.54, 1.807) is 6.07 Å². The van der Waals surface area contributed by atoms with E-state index >= 15 is 0 Å². The lowest BCUT2D eigenvalue weighted by Gasteiger charge is -2.07. The van der Waals surface area contributed by atoms with Crippen LogP contribution in [-0.2, 0) is 17.8 Å². The van der Waals surface area contributed by atoms with Gasteiger partial charge < -0.3 is 15.0 Å². The smallest absolute Gasteiger partial charge is 0.339 e. The van der Waals surface area contributed by atoms with Crippen molar-refractivity contribution in [2.24, 2.45) is 0 Å². The Balaban J connectivity index is 2.26. The van der Waals surface area contributed by atoms with Crippen LogP contribution in [-0.4, -0.2) is 21.6 Å². The number of rotatable bonds is 5. The summed E-state index contributed by atoms with van der Waals surface area (Å²) in [5.41, 5.74) is 0.542. The van der Waals surface area contributed by atoms with E-state index in [1.807, 2.05) is 13.8 Å². The molecule has 2 aromatic rings. The summed E-state index contributed by atoms with van der Waals surface area (Å²) in [5, 5.41) is 12.3. The first-order valence-electron chi connectivity index (χ1n) is 6.84. The number of nitrogens with zero attached hydrogens (tertiary/aromatic N) is 1. The van der Waals surface area contributed by atoms with E-state index < -0.39 is 11.9 Å². The number of halogens is 1. The molecule has 2 aromatic heterocycles. The summed E-state index contributed by atoms with van der Waals surface area (Å²) in [4.78, 5) is 36.2. The minimum absolute atomic E-state index is 0.130. The van der Waals surface area contributed by atoms with Crippen LogP contribution in [0.1, 0.15) is 27.7 Å². The van der Waals surface area contributed by atoms with Crippen LogP contribution in [0.3, 0.4) is 0 Å². The fourth-order valence-electron chi connectivity index (χ4n) is 2.27. The first kappa shape index (κ1) is 17.4. The van der Waals surface area contributed by atoms with Gasteiger partial charge in [-0.1, -0.05) is 6.92 Å². The standard InChI is InChI=1S/C15H15BrN2O4S/c1-3-10-8(2)23-14(13(10)15(21)22)17-11(19)7-18-6-9(16)4-5-12(18)20/h4-6H,3,7H2,1-2H3,(H,17,19)(H,21,22). The fraction of sp³-hybridized carbons (Fsp3) is 0.267. The normalized spacial score (nSPS) is 10.6. The van der Waals surface area contributed by atoms with Crippen LogP contribution in [0.4, 0.5) is 5.00 Å². The molecule has 122 valence electrons. The number of hydrogen-bond donors (Lipinski definition) is 2. The van der Waals surface area contributed by atoms with Crippen LogP contribution < -0.4 is 10.9 Å². The molecule has 0 fully saturated rings. The van der Waals surface area contributed by atoms with Gasteiger partial charge in [-0.3, -0.25) is 9.59 Å². The van der Waals surface area contributed by atoms with Crippen LogP contribution in [0.2, 0.25) is 0 Å². The fourth-order valence-corrected chi connectivity index (χ4v) is 3.80. The Morgan fingerprint density at radius 1 is 1.39 bits per heavy atom. The topological polar surface area (TPSA) is 88.4 Å². The molecule has 0 bridgehead atoms. The number of carbonyl (C=O) groups is 2. The molecule has 23 heavy (non-hydrogen) atoms. The van der Waals surface area contributed by atoms with Crippen molar-refractivity contribution in [1.29, 1.82) is 0 Å². The van der Waals surface area contributed by atoms with Crippen molar-refractivity contribution in [3.05, 3.63) is 49.2 Å². The highest BCUT2D eigenvalue weighted by molar-refractivity contribution is 9.10. The molecule has 0 aromatic carbocycles. The van der Waals surface area contributed by atoms with E-state index in [9.17, 15) is 19.5 Å². The van der Waals surface area contributed by atoms with Gasteiger partial charge in [-0.2, -0.15) is 0 Å². The number of aromatic carboxylic acids is 1. The van der Waals surface area contributed by atoms with Crippen LogP contribution in [0.25, 0.3) is 0 Å². The third-order valence-electron chi connectivity index (χ3n) is 3.29. The van der Waals surface area contributed by atoms with Crippen LogP contribution >= 0.6 is 27.3 Å². The monoisotopic (exact) mass is 398 g/mol. The Bertz CT molecular complexity index is 825. The molecule has 2 heterocycles. The zero-order valence-corrected chi connectivity index (χ0v) is 15.0. The Kier molecular flexibility index (Phi) is 5.38. The molecule has 6 nitrogen and oxygen atoms in total. The van der Waals surface area contributed by atoms with Crippen LogP contribution in [0.5, 0.6) is 0 Å². The predicted octanol–water partition coefficient (Wildman–Crippen LogP) is 2.88. The minimum Gasteiger partial charge on any atom is -0.478 e. The van der Waals surface area contributed by atoms with Crippen molar-refractivity contribution in [3.63, 3.8) is 0 Å². The summed E-state index contributed by atoms with van der Waals surface area (Å²) in [6, 6.07) is 2.94. The van der Waals surface area contributed by atoms with Crippen molar-refractivity contribution in [2.45, 2.75) is 26.8 Å². The van der Waals surface area contributed by atoms with Gasteiger partial charge in [-0.15, -0.1) is 11.3 Å². The minimum atomic E-state index is -1.07. The molecule has 0 saturated carbocycles. The van der Waals surface area contributed by atoms with Crippen molar-refractivity contribution < 1.29 is 14.7 Å². The van der Waals surface area contributed by atoms with Crippen molar-refractivity contribution >= 4 is 44.1 Å². The predicted molar refractivity (Wildman–Crippen MR) is 92.4 cm³/mol.